The van der Waals surface area contributed by atoms with Crippen molar-refractivity contribution in [2.24, 2.45) is 7.05 Å². The number of benzene rings is 1. The molecule has 2 rings (SSSR count). The van der Waals surface area contributed by atoms with E-state index in [2.05, 4.69) is 10.4 Å². The summed E-state index contributed by atoms with van der Waals surface area (Å²) in [5.74, 6) is 0.539. The van der Waals surface area contributed by atoms with Crippen LogP contribution in [-0.4, -0.2) is 22.3 Å². The van der Waals surface area contributed by atoms with Crippen molar-refractivity contribution in [1.29, 1.82) is 0 Å². The maximum absolute atomic E-state index is 11.5. The molecule has 0 radical (unpaired) electrons. The molecule has 5 nitrogen and oxygen atoms in total. The molecule has 0 bridgehead atoms. The Morgan fingerprint density at radius 3 is 2.83 bits per heavy atom. The van der Waals surface area contributed by atoms with Crippen LogP contribution in [0.2, 0.25) is 0 Å². The molecule has 1 heterocycles. The molecule has 0 spiro atoms. The van der Waals surface area contributed by atoms with Crippen molar-refractivity contribution >= 4 is 5.91 Å². The van der Waals surface area contributed by atoms with E-state index >= 15 is 0 Å². The smallest absolute Gasteiger partial charge is 0.258 e. The Kier molecular flexibility index (Phi) is 3.96. The highest BCUT2D eigenvalue weighted by atomic mass is 16.5. The number of aromatic nitrogens is 2. The van der Waals surface area contributed by atoms with Crippen molar-refractivity contribution in [2.45, 2.75) is 6.54 Å². The number of ether oxygens (including phenoxy) is 1. The minimum atomic E-state index is -0.150. The van der Waals surface area contributed by atoms with Gasteiger partial charge < -0.3 is 10.1 Å². The van der Waals surface area contributed by atoms with Crippen LogP contribution in [0.4, 0.5) is 0 Å². The summed E-state index contributed by atoms with van der Waals surface area (Å²) in [4.78, 5) is 11.5. The van der Waals surface area contributed by atoms with Crippen LogP contribution in [0.15, 0.2) is 42.7 Å². The lowest BCUT2D eigenvalue weighted by Gasteiger charge is -2.06. The first-order valence-corrected chi connectivity index (χ1v) is 5.66. The molecule has 18 heavy (non-hydrogen) atoms. The fourth-order valence-electron chi connectivity index (χ4n) is 1.48. The summed E-state index contributed by atoms with van der Waals surface area (Å²) < 4.78 is 7.02. The lowest BCUT2D eigenvalue weighted by molar-refractivity contribution is -0.123. The number of nitrogens with zero attached hydrogens (tertiary/aromatic N) is 2. The quantitative estimate of drug-likeness (QED) is 0.858. The van der Waals surface area contributed by atoms with Crippen molar-refractivity contribution in [1.82, 2.24) is 15.1 Å². The molecule has 0 saturated heterocycles. The summed E-state index contributed by atoms with van der Waals surface area (Å²) in [6.45, 7) is 0.481. The van der Waals surface area contributed by atoms with E-state index < -0.39 is 0 Å². The van der Waals surface area contributed by atoms with Crippen molar-refractivity contribution in [3.8, 4) is 5.75 Å². The maximum Gasteiger partial charge on any atom is 0.258 e. The molecular formula is C13H15N3O2. The minimum Gasteiger partial charge on any atom is -0.484 e. The third kappa shape index (κ3) is 3.62. The fraction of sp³-hybridized carbons (Fsp3) is 0.231. The molecule has 1 amide bonds. The standard InChI is InChI=1S/C13H15N3O2/c1-16-9-11(8-15-16)7-14-13(17)10-18-12-5-3-2-4-6-12/h2-6,8-9H,7,10H2,1H3,(H,14,17). The molecule has 0 aliphatic carbocycles. The van der Waals surface area contributed by atoms with Gasteiger partial charge in [0.15, 0.2) is 6.61 Å². The molecule has 1 N–H and O–H groups in total. The normalized spacial score (nSPS) is 10.1. The van der Waals surface area contributed by atoms with Gasteiger partial charge in [-0.3, -0.25) is 9.48 Å². The predicted octanol–water partition coefficient (Wildman–Crippen LogP) is 1.12. The average molecular weight is 245 g/mol. The third-order valence-electron chi connectivity index (χ3n) is 2.36. The summed E-state index contributed by atoms with van der Waals surface area (Å²) in [5, 5.41) is 6.79. The largest absolute Gasteiger partial charge is 0.484 e. The molecule has 0 unspecified atom stereocenters. The highest BCUT2D eigenvalue weighted by molar-refractivity contribution is 5.77. The van der Waals surface area contributed by atoms with Crippen LogP contribution in [0.3, 0.4) is 0 Å². The summed E-state index contributed by atoms with van der Waals surface area (Å²) in [6, 6.07) is 9.25. The SMILES string of the molecule is Cn1cc(CNC(=O)COc2ccccc2)cn1. The average Bonchev–Trinajstić information content (AvgIpc) is 2.81. The van der Waals surface area contributed by atoms with E-state index in [1.165, 1.54) is 0 Å². The maximum atomic E-state index is 11.5. The Morgan fingerprint density at radius 2 is 2.17 bits per heavy atom. The van der Waals surface area contributed by atoms with E-state index in [0.29, 0.717) is 12.3 Å². The van der Waals surface area contributed by atoms with Gasteiger partial charge in [0, 0.05) is 25.4 Å². The molecular weight excluding hydrogens is 230 g/mol. The van der Waals surface area contributed by atoms with Crippen LogP contribution < -0.4 is 10.1 Å². The lowest BCUT2D eigenvalue weighted by Crippen LogP contribution is -2.28. The summed E-state index contributed by atoms with van der Waals surface area (Å²) >= 11 is 0. The number of hydrogen-bond donors (Lipinski definition) is 1. The van der Waals surface area contributed by atoms with E-state index in [9.17, 15) is 4.79 Å². The number of carbonyl (C=O) groups is 1. The van der Waals surface area contributed by atoms with Gasteiger partial charge in [0.1, 0.15) is 5.75 Å². The fourth-order valence-corrected chi connectivity index (χ4v) is 1.48. The number of nitrogens with one attached hydrogen (secondary N) is 1. The van der Waals surface area contributed by atoms with Crippen molar-refractivity contribution in [2.75, 3.05) is 6.61 Å². The van der Waals surface area contributed by atoms with Crippen molar-refractivity contribution in [3.05, 3.63) is 48.3 Å². The highest BCUT2D eigenvalue weighted by Gasteiger charge is 2.03. The number of hydrogen-bond acceptors (Lipinski definition) is 3. The Labute approximate surface area is 105 Å². The van der Waals surface area contributed by atoms with Crippen molar-refractivity contribution < 1.29 is 9.53 Å². The molecule has 0 aliphatic heterocycles. The first-order chi connectivity index (χ1) is 8.74. The van der Waals surface area contributed by atoms with Crippen LogP contribution >= 0.6 is 0 Å². The van der Waals surface area contributed by atoms with E-state index in [1.807, 2.05) is 43.6 Å². The second-order valence-electron chi connectivity index (χ2n) is 3.90. The molecule has 5 heteroatoms. The van der Waals surface area contributed by atoms with Gasteiger partial charge in [-0.05, 0) is 12.1 Å². The molecule has 1 aromatic carbocycles. The lowest BCUT2D eigenvalue weighted by atomic mass is 10.3. The van der Waals surface area contributed by atoms with Gasteiger partial charge in [-0.1, -0.05) is 18.2 Å². The van der Waals surface area contributed by atoms with Crippen LogP contribution in [0.5, 0.6) is 5.75 Å². The van der Waals surface area contributed by atoms with Crippen LogP contribution in [0, 0.1) is 0 Å². The predicted molar refractivity (Wildman–Crippen MR) is 67.0 cm³/mol. The molecule has 94 valence electrons. The Morgan fingerprint density at radius 1 is 1.39 bits per heavy atom. The molecule has 0 atom stereocenters. The zero-order chi connectivity index (χ0) is 12.8. The van der Waals surface area contributed by atoms with E-state index in [1.54, 1.807) is 10.9 Å². The Bertz CT molecular complexity index is 508. The first kappa shape index (κ1) is 12.2. The van der Waals surface area contributed by atoms with E-state index in [4.69, 9.17) is 4.74 Å². The summed E-state index contributed by atoms with van der Waals surface area (Å²) in [6.07, 6.45) is 3.58. The molecule has 0 saturated carbocycles. The Hall–Kier alpha value is -2.30. The second-order valence-corrected chi connectivity index (χ2v) is 3.90. The summed E-state index contributed by atoms with van der Waals surface area (Å²) in [5.41, 5.74) is 0.963. The monoisotopic (exact) mass is 245 g/mol. The number of carbonyl (C=O) groups excluding carboxylic acids is 1. The van der Waals surface area contributed by atoms with Gasteiger partial charge in [0.05, 0.1) is 6.20 Å². The first-order valence-electron chi connectivity index (χ1n) is 5.66. The van der Waals surface area contributed by atoms with Gasteiger partial charge >= 0.3 is 0 Å². The molecule has 2 aromatic rings. The van der Waals surface area contributed by atoms with Crippen LogP contribution in [0.1, 0.15) is 5.56 Å². The van der Waals surface area contributed by atoms with Gasteiger partial charge in [0.2, 0.25) is 0 Å². The van der Waals surface area contributed by atoms with Gasteiger partial charge in [-0.25, -0.2) is 0 Å². The highest BCUT2D eigenvalue weighted by Crippen LogP contribution is 2.07. The minimum absolute atomic E-state index is 0.0181. The second kappa shape index (κ2) is 5.86. The number of amides is 1. The zero-order valence-electron chi connectivity index (χ0n) is 10.2. The van der Waals surface area contributed by atoms with Gasteiger partial charge in [-0.2, -0.15) is 5.10 Å². The zero-order valence-corrected chi connectivity index (χ0v) is 10.2. The van der Waals surface area contributed by atoms with Gasteiger partial charge in [-0.15, -0.1) is 0 Å². The number of rotatable bonds is 5. The molecule has 0 fully saturated rings. The topological polar surface area (TPSA) is 56.2 Å². The Balaban J connectivity index is 1.73. The van der Waals surface area contributed by atoms with E-state index in [-0.39, 0.29) is 12.5 Å². The third-order valence-corrected chi connectivity index (χ3v) is 2.36. The number of aryl methyl sites for hydroxylation is 1. The number of para-hydroxylation sites is 1. The van der Waals surface area contributed by atoms with Crippen molar-refractivity contribution in [3.63, 3.8) is 0 Å². The molecule has 0 aliphatic rings. The van der Waals surface area contributed by atoms with E-state index in [0.717, 1.165) is 5.56 Å². The van der Waals surface area contributed by atoms with Crippen LogP contribution in [-0.2, 0) is 18.4 Å². The van der Waals surface area contributed by atoms with Gasteiger partial charge in [0.25, 0.3) is 5.91 Å². The summed E-state index contributed by atoms with van der Waals surface area (Å²) in [7, 11) is 1.84. The molecule has 1 aromatic heterocycles. The van der Waals surface area contributed by atoms with Crippen LogP contribution in [0.25, 0.3) is 0 Å².